The van der Waals surface area contributed by atoms with Crippen LogP contribution in [0.1, 0.15) is 20.7 Å². The first-order valence-corrected chi connectivity index (χ1v) is 5.31. The summed E-state index contributed by atoms with van der Waals surface area (Å²) >= 11 is 0. The lowest BCUT2D eigenvalue weighted by molar-refractivity contribution is 0.0696. The Hall–Kier alpha value is -2.76. The standard InChI is InChI=1S/C13H9FN2O3/c14-10-3-1-8(2-4-10)12(17)16-11-5-9(13(18)19)6-15-7-11/h1-7H,(H,16,17)(H,18,19). The van der Waals surface area contributed by atoms with Crippen molar-refractivity contribution in [2.75, 3.05) is 5.32 Å². The second-order valence-electron chi connectivity index (χ2n) is 3.73. The minimum Gasteiger partial charge on any atom is -0.478 e. The molecule has 5 nitrogen and oxygen atoms in total. The first kappa shape index (κ1) is 12.7. The fourth-order valence-corrected chi connectivity index (χ4v) is 1.43. The lowest BCUT2D eigenvalue weighted by atomic mass is 10.2. The number of pyridine rings is 1. The van der Waals surface area contributed by atoms with Crippen LogP contribution in [0.2, 0.25) is 0 Å². The number of carbonyl (C=O) groups is 2. The zero-order valence-electron chi connectivity index (χ0n) is 9.63. The maximum absolute atomic E-state index is 12.7. The molecule has 0 saturated heterocycles. The number of anilines is 1. The van der Waals surface area contributed by atoms with Gasteiger partial charge in [0.1, 0.15) is 5.82 Å². The molecule has 0 atom stereocenters. The number of hydrogen-bond acceptors (Lipinski definition) is 3. The van der Waals surface area contributed by atoms with Crippen LogP contribution in [0.3, 0.4) is 0 Å². The minimum atomic E-state index is -1.13. The molecule has 0 saturated carbocycles. The van der Waals surface area contributed by atoms with Gasteiger partial charge < -0.3 is 10.4 Å². The van der Waals surface area contributed by atoms with Gasteiger partial charge in [0.15, 0.2) is 0 Å². The molecule has 2 rings (SSSR count). The summed E-state index contributed by atoms with van der Waals surface area (Å²) in [7, 11) is 0. The predicted molar refractivity (Wildman–Crippen MR) is 65.5 cm³/mol. The van der Waals surface area contributed by atoms with E-state index in [0.29, 0.717) is 0 Å². The Labute approximate surface area is 107 Å². The highest BCUT2D eigenvalue weighted by molar-refractivity contribution is 6.04. The molecule has 96 valence electrons. The molecule has 0 aliphatic carbocycles. The Morgan fingerprint density at radius 1 is 1.11 bits per heavy atom. The van der Waals surface area contributed by atoms with E-state index in [1.54, 1.807) is 0 Å². The van der Waals surface area contributed by atoms with Gasteiger partial charge in [0.25, 0.3) is 5.91 Å². The molecular formula is C13H9FN2O3. The fourth-order valence-electron chi connectivity index (χ4n) is 1.43. The van der Waals surface area contributed by atoms with Gasteiger partial charge in [0.2, 0.25) is 0 Å². The third-order valence-electron chi connectivity index (χ3n) is 2.35. The van der Waals surface area contributed by atoms with Gasteiger partial charge in [-0.3, -0.25) is 9.78 Å². The summed E-state index contributed by atoms with van der Waals surface area (Å²) in [5.41, 5.74) is 0.494. The summed E-state index contributed by atoms with van der Waals surface area (Å²) in [6.45, 7) is 0. The van der Waals surface area contributed by atoms with E-state index in [2.05, 4.69) is 10.3 Å². The summed E-state index contributed by atoms with van der Waals surface area (Å²) in [4.78, 5) is 26.3. The number of nitrogens with one attached hydrogen (secondary N) is 1. The Balaban J connectivity index is 2.17. The molecule has 0 bridgehead atoms. The van der Waals surface area contributed by atoms with Crippen LogP contribution in [0, 0.1) is 5.82 Å². The molecular weight excluding hydrogens is 251 g/mol. The molecule has 1 heterocycles. The number of carboxylic acid groups (broad SMARTS) is 1. The number of aromatic nitrogens is 1. The van der Waals surface area contributed by atoms with Gasteiger partial charge in [-0.1, -0.05) is 0 Å². The molecule has 0 aliphatic rings. The summed E-state index contributed by atoms with van der Waals surface area (Å²) in [5.74, 6) is -2.04. The number of hydrogen-bond donors (Lipinski definition) is 2. The van der Waals surface area contributed by atoms with Gasteiger partial charge in [0.05, 0.1) is 17.4 Å². The molecule has 0 radical (unpaired) electrons. The Morgan fingerprint density at radius 2 is 1.79 bits per heavy atom. The molecule has 6 heteroatoms. The first-order valence-electron chi connectivity index (χ1n) is 5.31. The fraction of sp³-hybridized carbons (Fsp3) is 0. The minimum absolute atomic E-state index is 0.0306. The molecule has 0 unspecified atom stereocenters. The molecule has 2 aromatic rings. The van der Waals surface area contributed by atoms with Gasteiger partial charge in [-0.2, -0.15) is 0 Å². The smallest absolute Gasteiger partial charge is 0.337 e. The lowest BCUT2D eigenvalue weighted by Crippen LogP contribution is -2.12. The quantitative estimate of drug-likeness (QED) is 0.886. The number of carboxylic acids is 1. The van der Waals surface area contributed by atoms with Crippen molar-refractivity contribution >= 4 is 17.6 Å². The Morgan fingerprint density at radius 3 is 2.42 bits per heavy atom. The van der Waals surface area contributed by atoms with E-state index in [4.69, 9.17) is 5.11 Å². The molecule has 1 aromatic heterocycles. The lowest BCUT2D eigenvalue weighted by Gasteiger charge is -2.05. The number of aromatic carboxylic acids is 1. The van der Waals surface area contributed by atoms with Crippen molar-refractivity contribution < 1.29 is 19.1 Å². The molecule has 1 aromatic carbocycles. The molecule has 0 spiro atoms. The Bertz CT molecular complexity index is 626. The van der Waals surface area contributed by atoms with Gasteiger partial charge in [-0.15, -0.1) is 0 Å². The van der Waals surface area contributed by atoms with Gasteiger partial charge in [0, 0.05) is 11.8 Å². The average Bonchev–Trinajstić information content (AvgIpc) is 2.39. The van der Waals surface area contributed by atoms with Crippen molar-refractivity contribution in [3.63, 3.8) is 0 Å². The van der Waals surface area contributed by atoms with Gasteiger partial charge >= 0.3 is 5.97 Å². The molecule has 0 aliphatic heterocycles. The van der Waals surface area contributed by atoms with Crippen molar-refractivity contribution in [1.82, 2.24) is 4.98 Å². The first-order chi connectivity index (χ1) is 9.06. The summed E-state index contributed by atoms with van der Waals surface area (Å²) in [6, 6.07) is 6.29. The van der Waals surface area contributed by atoms with E-state index in [0.717, 1.165) is 0 Å². The van der Waals surface area contributed by atoms with Crippen LogP contribution in [0.4, 0.5) is 10.1 Å². The Kier molecular flexibility index (Phi) is 3.51. The largest absolute Gasteiger partial charge is 0.478 e. The number of carbonyl (C=O) groups excluding carboxylic acids is 1. The van der Waals surface area contributed by atoms with Crippen LogP contribution in [-0.2, 0) is 0 Å². The van der Waals surface area contributed by atoms with Crippen LogP contribution in [0.15, 0.2) is 42.7 Å². The van der Waals surface area contributed by atoms with E-state index in [1.165, 1.54) is 42.7 Å². The van der Waals surface area contributed by atoms with E-state index in [-0.39, 0.29) is 16.8 Å². The van der Waals surface area contributed by atoms with Crippen LogP contribution < -0.4 is 5.32 Å². The van der Waals surface area contributed by atoms with Crippen LogP contribution in [0.25, 0.3) is 0 Å². The zero-order chi connectivity index (χ0) is 13.8. The van der Waals surface area contributed by atoms with Crippen LogP contribution in [0.5, 0.6) is 0 Å². The van der Waals surface area contributed by atoms with Gasteiger partial charge in [-0.25, -0.2) is 9.18 Å². The normalized spacial score (nSPS) is 9.95. The highest BCUT2D eigenvalue weighted by atomic mass is 19.1. The second-order valence-corrected chi connectivity index (χ2v) is 3.73. The van der Waals surface area contributed by atoms with Crippen molar-refractivity contribution in [3.8, 4) is 0 Å². The van der Waals surface area contributed by atoms with E-state index < -0.39 is 17.7 Å². The number of nitrogens with zero attached hydrogens (tertiary/aromatic N) is 1. The van der Waals surface area contributed by atoms with E-state index in [1.807, 2.05) is 0 Å². The molecule has 0 fully saturated rings. The third-order valence-corrected chi connectivity index (χ3v) is 2.35. The van der Waals surface area contributed by atoms with Crippen molar-refractivity contribution in [1.29, 1.82) is 0 Å². The number of halogens is 1. The van der Waals surface area contributed by atoms with Crippen molar-refractivity contribution in [2.24, 2.45) is 0 Å². The monoisotopic (exact) mass is 260 g/mol. The third kappa shape index (κ3) is 3.12. The molecule has 2 N–H and O–H groups in total. The maximum Gasteiger partial charge on any atom is 0.337 e. The molecule has 19 heavy (non-hydrogen) atoms. The van der Waals surface area contributed by atoms with E-state index in [9.17, 15) is 14.0 Å². The maximum atomic E-state index is 12.7. The van der Waals surface area contributed by atoms with Crippen molar-refractivity contribution in [3.05, 3.63) is 59.7 Å². The van der Waals surface area contributed by atoms with Crippen LogP contribution in [-0.4, -0.2) is 22.0 Å². The summed E-state index contributed by atoms with van der Waals surface area (Å²) < 4.78 is 12.7. The summed E-state index contributed by atoms with van der Waals surface area (Å²) in [6.07, 6.45) is 2.50. The van der Waals surface area contributed by atoms with Crippen molar-refractivity contribution in [2.45, 2.75) is 0 Å². The van der Waals surface area contributed by atoms with Crippen LogP contribution >= 0.6 is 0 Å². The number of rotatable bonds is 3. The highest BCUT2D eigenvalue weighted by Crippen LogP contribution is 2.11. The highest BCUT2D eigenvalue weighted by Gasteiger charge is 2.08. The zero-order valence-corrected chi connectivity index (χ0v) is 9.63. The summed E-state index contributed by atoms with van der Waals surface area (Å²) in [5, 5.41) is 11.3. The van der Waals surface area contributed by atoms with Gasteiger partial charge in [-0.05, 0) is 30.3 Å². The topological polar surface area (TPSA) is 79.3 Å². The van der Waals surface area contributed by atoms with E-state index >= 15 is 0 Å². The average molecular weight is 260 g/mol. The SMILES string of the molecule is O=C(O)c1cncc(NC(=O)c2ccc(F)cc2)c1. The predicted octanol–water partition coefficient (Wildman–Crippen LogP) is 2.17. The number of amides is 1. The number of benzene rings is 1. The molecule has 1 amide bonds. The second kappa shape index (κ2) is 5.26.